The van der Waals surface area contributed by atoms with Crippen molar-refractivity contribution in [2.75, 3.05) is 11.4 Å². The molecule has 0 bridgehead atoms. The number of fused-ring (bicyclic) bond motifs is 1. The van der Waals surface area contributed by atoms with Crippen molar-refractivity contribution in [3.8, 4) is 17.2 Å². The smallest absolute Gasteiger partial charge is 0.252 e. The van der Waals surface area contributed by atoms with Crippen LogP contribution in [0.4, 0.5) is 11.4 Å². The van der Waals surface area contributed by atoms with Gasteiger partial charge in [-0.25, -0.2) is 4.98 Å². The minimum atomic E-state index is -0.0867. The Morgan fingerprint density at radius 3 is 2.53 bits per heavy atom. The topological polar surface area (TPSA) is 61.9 Å². The van der Waals surface area contributed by atoms with Crippen molar-refractivity contribution in [2.24, 2.45) is 13.0 Å². The first-order valence-corrected chi connectivity index (χ1v) is 10.9. The van der Waals surface area contributed by atoms with Crippen LogP contribution in [0.3, 0.4) is 0 Å². The van der Waals surface area contributed by atoms with Gasteiger partial charge in [-0.05, 0) is 66.6 Å². The third-order valence-electron chi connectivity index (χ3n) is 6.25. The molecule has 0 atom stereocenters. The molecule has 2 aromatic heterocycles. The van der Waals surface area contributed by atoms with Gasteiger partial charge in [0, 0.05) is 25.3 Å². The van der Waals surface area contributed by atoms with Crippen molar-refractivity contribution in [3.63, 3.8) is 0 Å². The van der Waals surface area contributed by atoms with Crippen molar-refractivity contribution in [3.05, 3.63) is 88.3 Å². The third-order valence-corrected chi connectivity index (χ3v) is 6.25. The van der Waals surface area contributed by atoms with Crippen LogP contribution in [-0.2, 0) is 7.05 Å². The van der Waals surface area contributed by atoms with Gasteiger partial charge in [-0.15, -0.1) is 0 Å². The molecule has 1 aliphatic rings. The summed E-state index contributed by atoms with van der Waals surface area (Å²) in [5.41, 5.74) is 7.06. The van der Waals surface area contributed by atoms with Gasteiger partial charge >= 0.3 is 0 Å². The second kappa shape index (κ2) is 7.97. The zero-order chi connectivity index (χ0) is 22.2. The van der Waals surface area contributed by atoms with Gasteiger partial charge in [0.05, 0.1) is 11.2 Å². The van der Waals surface area contributed by atoms with Crippen LogP contribution in [0.25, 0.3) is 22.2 Å². The van der Waals surface area contributed by atoms with Crippen LogP contribution in [0.1, 0.15) is 24.1 Å². The van der Waals surface area contributed by atoms with E-state index in [1.165, 1.54) is 24.0 Å². The Bertz CT molecular complexity index is 1410. The van der Waals surface area contributed by atoms with Gasteiger partial charge in [0.15, 0.2) is 0 Å². The van der Waals surface area contributed by atoms with E-state index in [0.29, 0.717) is 17.1 Å². The monoisotopic (exact) mass is 420 g/mol. The summed E-state index contributed by atoms with van der Waals surface area (Å²) < 4.78 is 1.59. The van der Waals surface area contributed by atoms with E-state index in [9.17, 15) is 10.1 Å². The van der Waals surface area contributed by atoms with Gasteiger partial charge in [0.25, 0.3) is 5.56 Å². The van der Waals surface area contributed by atoms with E-state index >= 15 is 0 Å². The SMILES string of the molecule is Cc1ccccc1-c1ccc(N(CC2CC2)c2cc(=O)n(C)c3ccc(C#N)nc23)cc1. The maximum Gasteiger partial charge on any atom is 0.252 e. The summed E-state index contributed by atoms with van der Waals surface area (Å²) in [5, 5.41) is 9.39. The zero-order valence-electron chi connectivity index (χ0n) is 18.2. The molecule has 1 saturated carbocycles. The molecule has 0 saturated heterocycles. The predicted octanol–water partition coefficient (Wildman–Crippen LogP) is 5.33. The molecule has 158 valence electrons. The molecule has 0 unspecified atom stereocenters. The van der Waals surface area contributed by atoms with Crippen molar-refractivity contribution in [2.45, 2.75) is 19.8 Å². The van der Waals surface area contributed by atoms with Crippen LogP contribution >= 0.6 is 0 Å². The van der Waals surface area contributed by atoms with Crippen molar-refractivity contribution >= 4 is 22.4 Å². The number of anilines is 2. The molecule has 2 heterocycles. The maximum absolute atomic E-state index is 12.8. The molecule has 2 aromatic carbocycles. The lowest BCUT2D eigenvalue weighted by Crippen LogP contribution is -2.25. The van der Waals surface area contributed by atoms with E-state index in [2.05, 4.69) is 65.3 Å². The van der Waals surface area contributed by atoms with E-state index in [-0.39, 0.29) is 5.56 Å². The second-order valence-corrected chi connectivity index (χ2v) is 8.52. The van der Waals surface area contributed by atoms with E-state index in [1.54, 1.807) is 23.7 Å². The van der Waals surface area contributed by atoms with Crippen molar-refractivity contribution in [1.82, 2.24) is 9.55 Å². The van der Waals surface area contributed by atoms with Gasteiger partial charge in [-0.2, -0.15) is 5.26 Å². The number of rotatable bonds is 5. The van der Waals surface area contributed by atoms with Crippen LogP contribution < -0.4 is 10.5 Å². The second-order valence-electron chi connectivity index (χ2n) is 8.52. The molecule has 5 rings (SSSR count). The molecule has 0 radical (unpaired) electrons. The van der Waals surface area contributed by atoms with E-state index in [4.69, 9.17) is 0 Å². The summed E-state index contributed by atoms with van der Waals surface area (Å²) in [5.74, 6) is 0.601. The molecule has 5 heteroatoms. The van der Waals surface area contributed by atoms with Gasteiger partial charge in [-0.1, -0.05) is 36.4 Å². The fraction of sp³-hybridized carbons (Fsp3) is 0.222. The molecule has 0 aliphatic heterocycles. The Morgan fingerprint density at radius 1 is 1.09 bits per heavy atom. The average molecular weight is 421 g/mol. The molecule has 4 aromatic rings. The lowest BCUT2D eigenvalue weighted by Gasteiger charge is -2.26. The quantitative estimate of drug-likeness (QED) is 0.438. The Balaban J connectivity index is 1.64. The summed E-state index contributed by atoms with van der Waals surface area (Å²) in [6.45, 7) is 2.94. The molecule has 0 spiro atoms. The van der Waals surface area contributed by atoms with Gasteiger partial charge < -0.3 is 9.47 Å². The highest BCUT2D eigenvalue weighted by Gasteiger charge is 2.27. The Kier molecular flexibility index (Phi) is 4.99. The molecule has 1 aliphatic carbocycles. The normalized spacial score (nSPS) is 13.2. The lowest BCUT2D eigenvalue weighted by atomic mass is 10.0. The highest BCUT2D eigenvalue weighted by Crippen LogP contribution is 2.38. The lowest BCUT2D eigenvalue weighted by molar-refractivity contribution is 0.811. The summed E-state index contributed by atoms with van der Waals surface area (Å²) in [7, 11) is 1.74. The molecule has 0 amide bonds. The molecule has 0 N–H and O–H groups in total. The van der Waals surface area contributed by atoms with Crippen molar-refractivity contribution < 1.29 is 0 Å². The van der Waals surface area contributed by atoms with Crippen LogP contribution in [0.2, 0.25) is 0 Å². The number of aryl methyl sites for hydroxylation is 2. The summed E-state index contributed by atoms with van der Waals surface area (Å²) in [6.07, 6.45) is 2.38. The third kappa shape index (κ3) is 3.65. The Labute approximate surface area is 187 Å². The minimum absolute atomic E-state index is 0.0867. The van der Waals surface area contributed by atoms with Crippen LogP contribution in [0.15, 0.2) is 71.5 Å². The van der Waals surface area contributed by atoms with Gasteiger partial charge in [0.2, 0.25) is 0 Å². The fourth-order valence-corrected chi connectivity index (χ4v) is 4.20. The Hall–Kier alpha value is -3.91. The number of hydrogen-bond acceptors (Lipinski definition) is 4. The first-order valence-electron chi connectivity index (χ1n) is 10.9. The maximum atomic E-state index is 12.8. The number of nitriles is 1. The molecule has 5 nitrogen and oxygen atoms in total. The first kappa shape index (κ1) is 20.0. The Morgan fingerprint density at radius 2 is 1.84 bits per heavy atom. The van der Waals surface area contributed by atoms with Crippen LogP contribution in [0, 0.1) is 24.2 Å². The molecule has 1 fully saturated rings. The van der Waals surface area contributed by atoms with E-state index in [0.717, 1.165) is 29.0 Å². The average Bonchev–Trinajstić information content (AvgIpc) is 3.64. The zero-order valence-corrected chi connectivity index (χ0v) is 18.2. The highest BCUT2D eigenvalue weighted by atomic mass is 16.1. The summed E-state index contributed by atoms with van der Waals surface area (Å²) in [4.78, 5) is 19.5. The highest BCUT2D eigenvalue weighted by molar-refractivity contribution is 5.91. The van der Waals surface area contributed by atoms with Crippen LogP contribution in [-0.4, -0.2) is 16.1 Å². The predicted molar refractivity (Wildman–Crippen MR) is 128 cm³/mol. The number of hydrogen-bond donors (Lipinski definition) is 0. The summed E-state index contributed by atoms with van der Waals surface area (Å²) in [6, 6.07) is 24.1. The number of pyridine rings is 2. The minimum Gasteiger partial charge on any atom is -0.339 e. The first-order chi connectivity index (χ1) is 15.5. The van der Waals surface area contributed by atoms with Gasteiger partial charge in [-0.3, -0.25) is 4.79 Å². The molecular weight excluding hydrogens is 396 g/mol. The fourth-order valence-electron chi connectivity index (χ4n) is 4.20. The van der Waals surface area contributed by atoms with Gasteiger partial charge in [0.1, 0.15) is 17.3 Å². The number of aromatic nitrogens is 2. The molecule has 32 heavy (non-hydrogen) atoms. The standard InChI is InChI=1S/C27H24N4O/c1-18-5-3-4-6-23(18)20-9-12-22(13-10-20)31(17-19-7-8-19)25-15-26(32)30(2)24-14-11-21(16-28)29-27(24)25/h3-6,9-15,19H,7-8,17H2,1-2H3. The largest absolute Gasteiger partial charge is 0.339 e. The van der Waals surface area contributed by atoms with Crippen molar-refractivity contribution in [1.29, 1.82) is 5.26 Å². The number of nitrogens with zero attached hydrogens (tertiary/aromatic N) is 4. The number of benzene rings is 2. The van der Waals surface area contributed by atoms with E-state index < -0.39 is 0 Å². The van der Waals surface area contributed by atoms with E-state index in [1.807, 2.05) is 12.1 Å². The summed E-state index contributed by atoms with van der Waals surface area (Å²) >= 11 is 0. The van der Waals surface area contributed by atoms with Crippen LogP contribution in [0.5, 0.6) is 0 Å². The molecular formula is C27H24N4O.